The van der Waals surface area contributed by atoms with Crippen LogP contribution in [-0.4, -0.2) is 29.8 Å². The molecule has 0 fully saturated rings. The number of hydrogen-bond donors (Lipinski definition) is 1. The van der Waals surface area contributed by atoms with Crippen LogP contribution in [0, 0.1) is 0 Å². The summed E-state index contributed by atoms with van der Waals surface area (Å²) in [6, 6.07) is 8.99. The van der Waals surface area contributed by atoms with Crippen molar-refractivity contribution in [3.8, 4) is 0 Å². The highest BCUT2D eigenvalue weighted by molar-refractivity contribution is 5.95. The molecule has 1 N–H and O–H groups in total. The molecule has 0 bridgehead atoms. The number of fused-ring (bicyclic) bond motifs is 1. The number of halogens is 3. The molecule has 1 aromatic heterocycles. The Labute approximate surface area is 118 Å². The number of nitrogens with zero attached hydrogens (tertiary/aromatic N) is 1. The largest absolute Gasteiger partial charge is 0.411 e. The average molecular weight is 298 g/mol. The second-order valence-corrected chi connectivity index (χ2v) is 4.47. The van der Waals surface area contributed by atoms with Gasteiger partial charge >= 0.3 is 6.18 Å². The second kappa shape index (κ2) is 6.09. The number of ether oxygens (including phenoxy) is 1. The minimum atomic E-state index is -4.46. The molecule has 0 aliphatic rings. The molecule has 112 valence electrons. The third-order valence-electron chi connectivity index (χ3n) is 2.72. The normalized spacial score (nSPS) is 13.1. The van der Waals surface area contributed by atoms with Gasteiger partial charge in [0, 0.05) is 5.39 Å². The molecule has 0 aliphatic carbocycles. The van der Waals surface area contributed by atoms with Crippen molar-refractivity contribution in [2.45, 2.75) is 19.2 Å². The van der Waals surface area contributed by atoms with Gasteiger partial charge in [0.2, 0.25) is 0 Å². The number of aromatic nitrogens is 1. The lowest BCUT2D eigenvalue weighted by Crippen LogP contribution is -2.31. The fourth-order valence-electron chi connectivity index (χ4n) is 1.68. The zero-order valence-electron chi connectivity index (χ0n) is 11.1. The summed E-state index contributed by atoms with van der Waals surface area (Å²) in [4.78, 5) is 15.9. The van der Waals surface area contributed by atoms with Gasteiger partial charge in [0.1, 0.15) is 12.7 Å². The first-order valence-electron chi connectivity index (χ1n) is 6.19. The van der Waals surface area contributed by atoms with Crippen molar-refractivity contribution in [1.29, 1.82) is 0 Å². The van der Waals surface area contributed by atoms with Crippen molar-refractivity contribution in [3.63, 3.8) is 0 Å². The van der Waals surface area contributed by atoms with Crippen LogP contribution < -0.4 is 5.32 Å². The molecule has 1 heterocycles. The molecule has 0 radical (unpaired) electrons. The number of para-hydroxylation sites is 1. The Hall–Kier alpha value is -2.15. The highest BCUT2D eigenvalue weighted by Gasteiger charge is 2.29. The number of pyridine rings is 1. The Kier molecular flexibility index (Phi) is 4.42. The fraction of sp³-hybridized carbons (Fsp3) is 0.286. The minimum absolute atomic E-state index is 0.404. The summed E-state index contributed by atoms with van der Waals surface area (Å²) in [7, 11) is 0. The first-order chi connectivity index (χ1) is 9.85. The van der Waals surface area contributed by atoms with Gasteiger partial charge in [0.15, 0.2) is 0 Å². The van der Waals surface area contributed by atoms with Gasteiger partial charge < -0.3 is 10.1 Å². The molecule has 0 spiro atoms. The summed E-state index contributed by atoms with van der Waals surface area (Å²) in [5.74, 6) is -0.656. The lowest BCUT2D eigenvalue weighted by Gasteiger charge is -2.14. The van der Waals surface area contributed by atoms with Crippen molar-refractivity contribution >= 4 is 22.5 Å². The van der Waals surface area contributed by atoms with Gasteiger partial charge in [-0.1, -0.05) is 18.2 Å². The summed E-state index contributed by atoms with van der Waals surface area (Å²) >= 11 is 0. The Morgan fingerprint density at radius 1 is 1.38 bits per heavy atom. The van der Waals surface area contributed by atoms with E-state index in [0.717, 1.165) is 10.9 Å². The first kappa shape index (κ1) is 15.2. The summed E-state index contributed by atoms with van der Waals surface area (Å²) < 4.78 is 40.5. The van der Waals surface area contributed by atoms with Gasteiger partial charge in [-0.15, -0.1) is 0 Å². The molecule has 2 aromatic rings. The van der Waals surface area contributed by atoms with Crippen molar-refractivity contribution in [3.05, 3.63) is 36.5 Å². The maximum atomic E-state index is 12.0. The van der Waals surface area contributed by atoms with Crippen LogP contribution in [0.3, 0.4) is 0 Å². The molecule has 1 amide bonds. The van der Waals surface area contributed by atoms with Crippen LogP contribution in [0.2, 0.25) is 0 Å². The van der Waals surface area contributed by atoms with Crippen molar-refractivity contribution < 1.29 is 22.7 Å². The Morgan fingerprint density at radius 2 is 2.10 bits per heavy atom. The van der Waals surface area contributed by atoms with Crippen LogP contribution in [-0.2, 0) is 9.53 Å². The minimum Gasteiger partial charge on any atom is -0.359 e. The van der Waals surface area contributed by atoms with E-state index < -0.39 is 24.8 Å². The van der Waals surface area contributed by atoms with Crippen molar-refractivity contribution in [2.24, 2.45) is 0 Å². The van der Waals surface area contributed by atoms with Crippen molar-refractivity contribution in [2.75, 3.05) is 11.9 Å². The number of nitrogens with one attached hydrogen (secondary N) is 1. The van der Waals surface area contributed by atoms with Gasteiger partial charge in [-0.2, -0.15) is 13.2 Å². The molecular weight excluding hydrogens is 285 g/mol. The predicted octanol–water partition coefficient (Wildman–Crippen LogP) is 3.14. The van der Waals surface area contributed by atoms with Gasteiger partial charge in [-0.25, -0.2) is 0 Å². The zero-order valence-corrected chi connectivity index (χ0v) is 11.1. The molecule has 4 nitrogen and oxygen atoms in total. The Bertz CT molecular complexity index is 643. The van der Waals surface area contributed by atoms with E-state index in [0.29, 0.717) is 5.69 Å². The quantitative estimate of drug-likeness (QED) is 0.943. The van der Waals surface area contributed by atoms with E-state index in [4.69, 9.17) is 0 Å². The lowest BCUT2D eigenvalue weighted by molar-refractivity contribution is -0.184. The fourth-order valence-corrected chi connectivity index (χ4v) is 1.68. The smallest absolute Gasteiger partial charge is 0.359 e. The number of hydrogen-bond acceptors (Lipinski definition) is 3. The van der Waals surface area contributed by atoms with E-state index in [-0.39, 0.29) is 0 Å². The number of benzene rings is 1. The Balaban J connectivity index is 2.00. The van der Waals surface area contributed by atoms with Crippen molar-refractivity contribution in [1.82, 2.24) is 4.98 Å². The number of carbonyl (C=O) groups is 1. The standard InChI is InChI=1S/C14H13F3N2O2/c1-9(21-8-14(15,16)17)13(20)19-11-6-10-4-2-3-5-12(10)18-7-11/h2-7,9H,8H2,1H3,(H,19,20)/t9-/m1/s1. The molecule has 7 heteroatoms. The topological polar surface area (TPSA) is 51.2 Å². The molecule has 21 heavy (non-hydrogen) atoms. The van der Waals surface area contributed by atoms with Crippen LogP contribution in [0.4, 0.5) is 18.9 Å². The predicted molar refractivity (Wildman–Crippen MR) is 71.8 cm³/mol. The third kappa shape index (κ3) is 4.42. The first-order valence-corrected chi connectivity index (χ1v) is 6.19. The SMILES string of the molecule is C[C@@H](OCC(F)(F)F)C(=O)Nc1cnc2ccccc2c1. The number of rotatable bonds is 4. The molecule has 1 atom stereocenters. The molecular formula is C14H13F3N2O2. The van der Waals surface area contributed by atoms with Crippen LogP contribution >= 0.6 is 0 Å². The van der Waals surface area contributed by atoms with Gasteiger partial charge in [-0.3, -0.25) is 9.78 Å². The van der Waals surface area contributed by atoms with Crippen LogP contribution in [0.15, 0.2) is 36.5 Å². The van der Waals surface area contributed by atoms with E-state index in [9.17, 15) is 18.0 Å². The maximum absolute atomic E-state index is 12.0. The highest BCUT2D eigenvalue weighted by atomic mass is 19.4. The molecule has 0 unspecified atom stereocenters. The van der Waals surface area contributed by atoms with E-state index in [1.807, 2.05) is 24.3 Å². The average Bonchev–Trinajstić information content (AvgIpc) is 2.43. The molecule has 0 saturated carbocycles. The maximum Gasteiger partial charge on any atom is 0.411 e. The van der Waals surface area contributed by atoms with Gasteiger partial charge in [0.25, 0.3) is 5.91 Å². The van der Waals surface area contributed by atoms with Crippen LogP contribution in [0.25, 0.3) is 10.9 Å². The number of alkyl halides is 3. The zero-order chi connectivity index (χ0) is 15.5. The monoisotopic (exact) mass is 298 g/mol. The molecule has 0 aliphatic heterocycles. The van der Waals surface area contributed by atoms with Crippen LogP contribution in [0.5, 0.6) is 0 Å². The number of carbonyl (C=O) groups excluding carboxylic acids is 1. The summed E-state index contributed by atoms with van der Waals surface area (Å²) in [6.45, 7) is -0.201. The van der Waals surface area contributed by atoms with Gasteiger partial charge in [-0.05, 0) is 19.1 Å². The summed E-state index contributed by atoms with van der Waals surface area (Å²) in [5, 5.41) is 3.29. The van der Waals surface area contributed by atoms with Crippen LogP contribution in [0.1, 0.15) is 6.92 Å². The van der Waals surface area contributed by atoms with E-state index in [1.165, 1.54) is 13.1 Å². The second-order valence-electron chi connectivity index (χ2n) is 4.47. The van der Waals surface area contributed by atoms with E-state index >= 15 is 0 Å². The lowest BCUT2D eigenvalue weighted by atomic mass is 10.2. The molecule has 1 aromatic carbocycles. The molecule has 0 saturated heterocycles. The summed E-state index contributed by atoms with van der Waals surface area (Å²) in [6.07, 6.45) is -4.23. The number of amides is 1. The molecule has 2 rings (SSSR count). The Morgan fingerprint density at radius 3 is 2.81 bits per heavy atom. The van der Waals surface area contributed by atoms with Gasteiger partial charge in [0.05, 0.1) is 17.4 Å². The number of anilines is 1. The third-order valence-corrected chi connectivity index (χ3v) is 2.72. The van der Waals surface area contributed by atoms with E-state index in [2.05, 4.69) is 15.0 Å². The highest BCUT2D eigenvalue weighted by Crippen LogP contribution is 2.18. The summed E-state index contributed by atoms with van der Waals surface area (Å²) in [5.41, 5.74) is 1.16. The van der Waals surface area contributed by atoms with E-state index in [1.54, 1.807) is 6.07 Å².